The smallest absolute Gasteiger partial charge is 0.131 e. The summed E-state index contributed by atoms with van der Waals surface area (Å²) in [6.45, 7) is 3.91. The first-order chi connectivity index (χ1) is 8.49. The number of ether oxygens (including phenoxy) is 2. The second-order valence-electron chi connectivity index (χ2n) is 4.93. The number of hydrogen-bond acceptors (Lipinski definition) is 3. The number of rotatable bonds is 3. The first-order valence-corrected chi connectivity index (χ1v) is 5.92. The molecule has 0 saturated heterocycles. The minimum Gasteiger partial charge on any atom is -0.496 e. The highest BCUT2D eigenvalue weighted by Crippen LogP contribution is 2.40. The van der Waals surface area contributed by atoms with Gasteiger partial charge in [-0.3, -0.25) is 0 Å². The van der Waals surface area contributed by atoms with Crippen LogP contribution >= 0.6 is 0 Å². The van der Waals surface area contributed by atoms with Crippen molar-refractivity contribution < 1.29 is 9.47 Å². The van der Waals surface area contributed by atoms with Gasteiger partial charge >= 0.3 is 0 Å². The van der Waals surface area contributed by atoms with Crippen molar-refractivity contribution in [2.75, 3.05) is 14.2 Å². The van der Waals surface area contributed by atoms with E-state index in [0.717, 1.165) is 27.8 Å². The summed E-state index contributed by atoms with van der Waals surface area (Å²) in [6, 6.07) is 9.96. The highest BCUT2D eigenvalue weighted by atomic mass is 16.5. The van der Waals surface area contributed by atoms with E-state index in [2.05, 4.69) is 0 Å². The largest absolute Gasteiger partial charge is 0.496 e. The third-order valence-electron chi connectivity index (χ3n) is 3.08. The van der Waals surface area contributed by atoms with Gasteiger partial charge in [-0.2, -0.15) is 0 Å². The molecule has 3 heteroatoms. The van der Waals surface area contributed by atoms with E-state index < -0.39 is 5.54 Å². The van der Waals surface area contributed by atoms with Gasteiger partial charge in [0.05, 0.1) is 14.2 Å². The Morgan fingerprint density at radius 2 is 1.61 bits per heavy atom. The molecule has 96 valence electrons. The molecule has 2 N–H and O–H groups in total. The molecule has 0 saturated carbocycles. The SMILES string of the molecule is COc1cc(C(C)(C)N)c(OC)c2ccccc12. The second kappa shape index (κ2) is 4.50. The van der Waals surface area contributed by atoms with Crippen LogP contribution in [-0.4, -0.2) is 14.2 Å². The summed E-state index contributed by atoms with van der Waals surface area (Å²) in [4.78, 5) is 0. The minimum absolute atomic E-state index is 0.483. The maximum absolute atomic E-state index is 6.21. The molecule has 0 heterocycles. The maximum atomic E-state index is 6.21. The lowest BCUT2D eigenvalue weighted by Crippen LogP contribution is -2.29. The molecule has 3 nitrogen and oxygen atoms in total. The third-order valence-corrected chi connectivity index (χ3v) is 3.08. The Morgan fingerprint density at radius 1 is 1.00 bits per heavy atom. The Labute approximate surface area is 108 Å². The van der Waals surface area contributed by atoms with Gasteiger partial charge in [0.25, 0.3) is 0 Å². The Hall–Kier alpha value is -1.74. The molecule has 0 aliphatic carbocycles. The maximum Gasteiger partial charge on any atom is 0.131 e. The zero-order chi connectivity index (χ0) is 13.3. The average molecular weight is 245 g/mol. The van der Waals surface area contributed by atoms with E-state index in [1.807, 2.05) is 44.2 Å². The molecule has 0 amide bonds. The first kappa shape index (κ1) is 12.7. The van der Waals surface area contributed by atoms with Crippen LogP contribution in [-0.2, 0) is 5.54 Å². The quantitative estimate of drug-likeness (QED) is 0.904. The summed E-state index contributed by atoms with van der Waals surface area (Å²) in [7, 11) is 3.34. The molecule has 0 unspecified atom stereocenters. The van der Waals surface area contributed by atoms with E-state index in [9.17, 15) is 0 Å². The second-order valence-corrected chi connectivity index (χ2v) is 4.93. The van der Waals surface area contributed by atoms with Crippen molar-refractivity contribution in [1.29, 1.82) is 0 Å². The molecular formula is C15H19NO2. The summed E-state index contributed by atoms with van der Waals surface area (Å²) >= 11 is 0. The van der Waals surface area contributed by atoms with Gasteiger partial charge in [0.15, 0.2) is 0 Å². The third kappa shape index (κ3) is 2.02. The molecule has 0 bridgehead atoms. The average Bonchev–Trinajstić information content (AvgIpc) is 2.35. The van der Waals surface area contributed by atoms with Gasteiger partial charge in [0.2, 0.25) is 0 Å². The Balaban J connectivity index is 2.88. The molecule has 18 heavy (non-hydrogen) atoms. The molecule has 2 aromatic carbocycles. The number of hydrogen-bond donors (Lipinski definition) is 1. The van der Waals surface area contributed by atoms with Gasteiger partial charge < -0.3 is 15.2 Å². The van der Waals surface area contributed by atoms with Crippen LogP contribution < -0.4 is 15.2 Å². The molecule has 0 atom stereocenters. The number of fused-ring (bicyclic) bond motifs is 1. The first-order valence-electron chi connectivity index (χ1n) is 5.92. The summed E-state index contributed by atoms with van der Waals surface area (Å²) in [5.74, 6) is 1.64. The lowest BCUT2D eigenvalue weighted by molar-refractivity contribution is 0.392. The highest BCUT2D eigenvalue weighted by Gasteiger charge is 2.23. The van der Waals surface area contributed by atoms with Gasteiger partial charge in [-0.25, -0.2) is 0 Å². The van der Waals surface area contributed by atoms with E-state index in [1.54, 1.807) is 14.2 Å². The van der Waals surface area contributed by atoms with E-state index in [-0.39, 0.29) is 0 Å². The minimum atomic E-state index is -0.483. The summed E-state index contributed by atoms with van der Waals surface area (Å²) in [6.07, 6.45) is 0. The predicted molar refractivity (Wildman–Crippen MR) is 74.3 cm³/mol. The molecular weight excluding hydrogens is 226 g/mol. The Morgan fingerprint density at radius 3 is 2.11 bits per heavy atom. The zero-order valence-electron chi connectivity index (χ0n) is 11.3. The Kier molecular flexibility index (Phi) is 3.18. The molecule has 0 aliphatic heterocycles. The monoisotopic (exact) mass is 245 g/mol. The van der Waals surface area contributed by atoms with Crippen LogP contribution in [0.4, 0.5) is 0 Å². The molecule has 0 spiro atoms. The normalized spacial score (nSPS) is 11.6. The van der Waals surface area contributed by atoms with E-state index >= 15 is 0 Å². The molecule has 0 aliphatic rings. The highest BCUT2D eigenvalue weighted by molar-refractivity contribution is 5.94. The van der Waals surface area contributed by atoms with Crippen LogP contribution in [0, 0.1) is 0 Å². The standard InChI is InChI=1S/C15H19NO2/c1-15(2,16)12-9-13(17-3)10-7-5-6-8-11(10)14(12)18-4/h5-9H,16H2,1-4H3. The molecule has 0 fully saturated rings. The topological polar surface area (TPSA) is 44.5 Å². The number of nitrogens with two attached hydrogens (primary N) is 1. The van der Waals surface area contributed by atoms with Crippen molar-refractivity contribution in [1.82, 2.24) is 0 Å². The van der Waals surface area contributed by atoms with Gasteiger partial charge in [0.1, 0.15) is 11.5 Å². The number of benzene rings is 2. The summed E-state index contributed by atoms with van der Waals surface area (Å²) < 4.78 is 11.0. The van der Waals surface area contributed by atoms with Crippen LogP contribution in [0.3, 0.4) is 0 Å². The van der Waals surface area contributed by atoms with E-state index in [4.69, 9.17) is 15.2 Å². The fourth-order valence-corrected chi connectivity index (χ4v) is 2.18. The van der Waals surface area contributed by atoms with Crippen molar-refractivity contribution in [2.45, 2.75) is 19.4 Å². The fourth-order valence-electron chi connectivity index (χ4n) is 2.18. The molecule has 2 aromatic rings. The predicted octanol–water partition coefficient (Wildman–Crippen LogP) is 3.05. The van der Waals surface area contributed by atoms with Crippen LogP contribution in [0.2, 0.25) is 0 Å². The lowest BCUT2D eigenvalue weighted by atomic mass is 9.91. The van der Waals surface area contributed by atoms with E-state index in [1.165, 1.54) is 0 Å². The fraction of sp³-hybridized carbons (Fsp3) is 0.333. The van der Waals surface area contributed by atoms with Crippen molar-refractivity contribution in [2.24, 2.45) is 5.73 Å². The lowest BCUT2D eigenvalue weighted by Gasteiger charge is -2.24. The van der Waals surface area contributed by atoms with Crippen molar-refractivity contribution in [3.63, 3.8) is 0 Å². The van der Waals surface area contributed by atoms with Crippen LogP contribution in [0.15, 0.2) is 30.3 Å². The van der Waals surface area contributed by atoms with Crippen LogP contribution in [0.5, 0.6) is 11.5 Å². The van der Waals surface area contributed by atoms with Gasteiger partial charge in [-0.1, -0.05) is 24.3 Å². The molecule has 0 radical (unpaired) electrons. The molecule has 2 rings (SSSR count). The van der Waals surface area contributed by atoms with Crippen molar-refractivity contribution in [3.8, 4) is 11.5 Å². The zero-order valence-corrected chi connectivity index (χ0v) is 11.3. The van der Waals surface area contributed by atoms with Crippen LogP contribution in [0.1, 0.15) is 19.4 Å². The van der Waals surface area contributed by atoms with Crippen LogP contribution in [0.25, 0.3) is 10.8 Å². The van der Waals surface area contributed by atoms with Crippen molar-refractivity contribution >= 4 is 10.8 Å². The van der Waals surface area contributed by atoms with Gasteiger partial charge in [0, 0.05) is 21.9 Å². The summed E-state index contributed by atoms with van der Waals surface area (Å²) in [5.41, 5.74) is 6.67. The van der Waals surface area contributed by atoms with Crippen molar-refractivity contribution in [3.05, 3.63) is 35.9 Å². The summed E-state index contributed by atoms with van der Waals surface area (Å²) in [5, 5.41) is 2.05. The van der Waals surface area contributed by atoms with Gasteiger partial charge in [-0.05, 0) is 19.9 Å². The molecule has 0 aromatic heterocycles. The number of methoxy groups -OCH3 is 2. The Bertz CT molecular complexity index is 570. The van der Waals surface area contributed by atoms with Gasteiger partial charge in [-0.15, -0.1) is 0 Å². The van der Waals surface area contributed by atoms with E-state index in [0.29, 0.717) is 0 Å².